The molecule has 1 fully saturated rings. The Bertz CT molecular complexity index is 402. The normalized spacial score (nSPS) is 26.1. The third-order valence-electron chi connectivity index (χ3n) is 3.56. The van der Waals surface area contributed by atoms with Crippen molar-refractivity contribution in [1.82, 2.24) is 5.43 Å². The molecule has 0 spiro atoms. The second kappa shape index (κ2) is 4.72. The van der Waals surface area contributed by atoms with Crippen LogP contribution in [0.2, 0.25) is 0 Å². The molecule has 17 heavy (non-hydrogen) atoms. The molecule has 0 aromatic heterocycles. The highest BCUT2D eigenvalue weighted by Gasteiger charge is 2.38. The van der Waals surface area contributed by atoms with Gasteiger partial charge in [-0.1, -0.05) is 12.1 Å². The summed E-state index contributed by atoms with van der Waals surface area (Å²) < 4.78 is 19.3. The molecule has 1 aromatic carbocycles. The zero-order chi connectivity index (χ0) is 12.5. The van der Waals surface area contributed by atoms with Gasteiger partial charge in [0.2, 0.25) is 0 Å². The van der Waals surface area contributed by atoms with Crippen LogP contribution < -0.4 is 11.3 Å². The van der Waals surface area contributed by atoms with E-state index in [2.05, 4.69) is 5.43 Å². The minimum Gasteiger partial charge on any atom is -0.373 e. The number of halogens is 1. The molecule has 0 amide bonds. The number of hydrogen-bond acceptors (Lipinski definition) is 3. The fraction of sp³-hybridized carbons (Fsp3) is 0.538. The van der Waals surface area contributed by atoms with E-state index in [0.29, 0.717) is 5.56 Å². The first-order valence-corrected chi connectivity index (χ1v) is 5.93. The van der Waals surface area contributed by atoms with Crippen molar-refractivity contribution < 1.29 is 9.13 Å². The summed E-state index contributed by atoms with van der Waals surface area (Å²) in [5.41, 5.74) is 3.88. The molecule has 1 aliphatic rings. The molecule has 1 aromatic rings. The number of hydrogen-bond donors (Lipinski definition) is 2. The van der Waals surface area contributed by atoms with Crippen LogP contribution in [0.3, 0.4) is 0 Å². The standard InChI is InChI=1S/C13H19FN2O/c1-9-4-5-10(8-11(9)14)12(16-15)13(2)6-3-7-17-13/h4-5,8,12,16H,3,6-7,15H2,1-2H3. The Morgan fingerprint density at radius 2 is 2.29 bits per heavy atom. The molecule has 1 saturated heterocycles. The Morgan fingerprint density at radius 3 is 2.82 bits per heavy atom. The average Bonchev–Trinajstić information content (AvgIpc) is 2.72. The predicted molar refractivity (Wildman–Crippen MR) is 64.8 cm³/mol. The lowest BCUT2D eigenvalue weighted by Crippen LogP contribution is -2.44. The van der Waals surface area contributed by atoms with E-state index in [1.807, 2.05) is 13.0 Å². The number of nitrogens with one attached hydrogen (secondary N) is 1. The second-order valence-electron chi connectivity index (χ2n) is 4.87. The van der Waals surface area contributed by atoms with Crippen molar-refractivity contribution in [2.75, 3.05) is 6.61 Å². The molecule has 3 N–H and O–H groups in total. The number of ether oxygens (including phenoxy) is 1. The van der Waals surface area contributed by atoms with Crippen molar-refractivity contribution in [2.45, 2.75) is 38.3 Å². The van der Waals surface area contributed by atoms with E-state index < -0.39 is 0 Å². The molecular formula is C13H19FN2O. The van der Waals surface area contributed by atoms with Gasteiger partial charge in [-0.3, -0.25) is 11.3 Å². The molecule has 94 valence electrons. The van der Waals surface area contributed by atoms with Crippen LogP contribution in [0.5, 0.6) is 0 Å². The Kier molecular flexibility index (Phi) is 3.47. The predicted octanol–water partition coefficient (Wildman–Crippen LogP) is 2.21. The van der Waals surface area contributed by atoms with Crippen molar-refractivity contribution >= 4 is 0 Å². The highest BCUT2D eigenvalue weighted by molar-refractivity contribution is 5.27. The summed E-state index contributed by atoms with van der Waals surface area (Å²) >= 11 is 0. The van der Waals surface area contributed by atoms with E-state index >= 15 is 0 Å². The van der Waals surface area contributed by atoms with Crippen LogP contribution in [0.15, 0.2) is 18.2 Å². The lowest BCUT2D eigenvalue weighted by atomic mass is 9.88. The maximum absolute atomic E-state index is 13.6. The van der Waals surface area contributed by atoms with Gasteiger partial charge < -0.3 is 4.74 Å². The molecule has 2 rings (SSSR count). The third-order valence-corrected chi connectivity index (χ3v) is 3.56. The smallest absolute Gasteiger partial charge is 0.126 e. The number of rotatable bonds is 3. The van der Waals surface area contributed by atoms with Gasteiger partial charge in [-0.25, -0.2) is 4.39 Å². The second-order valence-corrected chi connectivity index (χ2v) is 4.87. The summed E-state index contributed by atoms with van der Waals surface area (Å²) in [6.07, 6.45) is 1.94. The zero-order valence-electron chi connectivity index (χ0n) is 10.3. The Balaban J connectivity index is 2.31. The summed E-state index contributed by atoms with van der Waals surface area (Å²) in [6.45, 7) is 4.50. The van der Waals surface area contributed by atoms with Crippen LogP contribution in [0.25, 0.3) is 0 Å². The van der Waals surface area contributed by atoms with Gasteiger partial charge in [-0.15, -0.1) is 0 Å². The van der Waals surface area contributed by atoms with Gasteiger partial charge in [-0.2, -0.15) is 0 Å². The average molecular weight is 238 g/mol. The monoisotopic (exact) mass is 238 g/mol. The first-order chi connectivity index (χ1) is 8.07. The number of hydrazine groups is 1. The summed E-state index contributed by atoms with van der Waals surface area (Å²) in [7, 11) is 0. The van der Waals surface area contributed by atoms with Gasteiger partial charge in [0.05, 0.1) is 11.6 Å². The van der Waals surface area contributed by atoms with Crippen LogP contribution in [0.1, 0.15) is 36.9 Å². The maximum atomic E-state index is 13.6. The zero-order valence-corrected chi connectivity index (χ0v) is 10.3. The number of benzene rings is 1. The van der Waals surface area contributed by atoms with Gasteiger partial charge in [0.1, 0.15) is 5.82 Å². The van der Waals surface area contributed by atoms with Gasteiger partial charge in [-0.05, 0) is 43.9 Å². The molecule has 0 saturated carbocycles. The maximum Gasteiger partial charge on any atom is 0.126 e. The van der Waals surface area contributed by atoms with E-state index in [1.54, 1.807) is 13.0 Å². The van der Waals surface area contributed by atoms with Crippen molar-refractivity contribution in [3.63, 3.8) is 0 Å². The Labute approximate surface area is 101 Å². The van der Waals surface area contributed by atoms with E-state index in [9.17, 15) is 4.39 Å². The molecule has 4 heteroatoms. The minimum absolute atomic E-state index is 0.180. The molecule has 2 unspecified atom stereocenters. The van der Waals surface area contributed by atoms with Crippen LogP contribution >= 0.6 is 0 Å². The fourth-order valence-corrected chi connectivity index (χ4v) is 2.44. The molecule has 3 nitrogen and oxygen atoms in total. The topological polar surface area (TPSA) is 47.3 Å². The van der Waals surface area contributed by atoms with Crippen molar-refractivity contribution in [3.05, 3.63) is 35.1 Å². The minimum atomic E-state index is -0.351. The largest absolute Gasteiger partial charge is 0.373 e. The lowest BCUT2D eigenvalue weighted by molar-refractivity contribution is -0.0126. The lowest BCUT2D eigenvalue weighted by Gasteiger charge is -2.33. The SMILES string of the molecule is Cc1ccc(C(NN)C2(C)CCCO2)cc1F. The highest BCUT2D eigenvalue weighted by atomic mass is 19.1. The Morgan fingerprint density at radius 1 is 1.53 bits per heavy atom. The van der Waals surface area contributed by atoms with Gasteiger partial charge in [0, 0.05) is 6.61 Å². The third kappa shape index (κ3) is 2.34. The molecule has 0 bridgehead atoms. The van der Waals surface area contributed by atoms with Crippen LogP contribution in [-0.4, -0.2) is 12.2 Å². The molecule has 2 atom stereocenters. The van der Waals surface area contributed by atoms with Gasteiger partial charge in [0.25, 0.3) is 0 Å². The molecule has 1 aliphatic heterocycles. The van der Waals surface area contributed by atoms with Gasteiger partial charge >= 0.3 is 0 Å². The summed E-state index contributed by atoms with van der Waals surface area (Å²) in [4.78, 5) is 0. The summed E-state index contributed by atoms with van der Waals surface area (Å²) in [5, 5.41) is 0. The van der Waals surface area contributed by atoms with Crippen molar-refractivity contribution in [1.29, 1.82) is 0 Å². The molecule has 0 aliphatic carbocycles. The van der Waals surface area contributed by atoms with E-state index in [-0.39, 0.29) is 17.5 Å². The number of aryl methyl sites for hydroxylation is 1. The first kappa shape index (κ1) is 12.5. The quantitative estimate of drug-likeness (QED) is 0.627. The first-order valence-electron chi connectivity index (χ1n) is 5.93. The van der Waals surface area contributed by atoms with Crippen molar-refractivity contribution in [3.8, 4) is 0 Å². The molecule has 0 radical (unpaired) electrons. The van der Waals surface area contributed by atoms with Crippen LogP contribution in [0.4, 0.5) is 4.39 Å². The van der Waals surface area contributed by atoms with Crippen molar-refractivity contribution in [2.24, 2.45) is 5.84 Å². The Hall–Kier alpha value is -0.970. The fourth-order valence-electron chi connectivity index (χ4n) is 2.44. The number of nitrogens with two attached hydrogens (primary N) is 1. The highest BCUT2D eigenvalue weighted by Crippen LogP contribution is 2.37. The molecular weight excluding hydrogens is 219 g/mol. The summed E-state index contributed by atoms with van der Waals surface area (Å²) in [5.74, 6) is 5.40. The van der Waals surface area contributed by atoms with E-state index in [0.717, 1.165) is 25.0 Å². The van der Waals surface area contributed by atoms with Crippen LogP contribution in [0, 0.1) is 12.7 Å². The van der Waals surface area contributed by atoms with E-state index in [4.69, 9.17) is 10.6 Å². The van der Waals surface area contributed by atoms with Gasteiger partial charge in [0.15, 0.2) is 0 Å². The van der Waals surface area contributed by atoms with E-state index in [1.165, 1.54) is 6.07 Å². The van der Waals surface area contributed by atoms with Crippen LogP contribution in [-0.2, 0) is 4.74 Å². The molecule has 1 heterocycles. The summed E-state index contributed by atoms with van der Waals surface area (Å²) in [6, 6.07) is 5.02.